The first kappa shape index (κ1) is 47.5. The largest absolute Gasteiger partial charge is 0.462 e. The second-order valence-electron chi connectivity index (χ2n) is 13.7. The number of rotatable bonds is 36. The average Bonchev–Trinajstić information content (AvgIpc) is 3.10. The molecule has 49 heavy (non-hydrogen) atoms. The molecule has 0 aliphatic carbocycles. The molecular weight excluding hydrogens is 633 g/mol. The van der Waals surface area contributed by atoms with Crippen LogP contribution in [0.4, 0.5) is 4.79 Å². The van der Waals surface area contributed by atoms with Crippen LogP contribution in [-0.2, 0) is 19.1 Å². The van der Waals surface area contributed by atoms with Crippen LogP contribution < -0.4 is 5.73 Å². The molecule has 0 bridgehead atoms. The second kappa shape index (κ2) is 37.7. The zero-order chi connectivity index (χ0) is 36.0. The van der Waals surface area contributed by atoms with Crippen LogP contribution in [0.15, 0.2) is 12.2 Å². The number of carbonyl (C=O) groups excluding carboxylic acids is 3. The van der Waals surface area contributed by atoms with Crippen molar-refractivity contribution < 1.29 is 23.9 Å². The first-order chi connectivity index (χ1) is 24.0. The van der Waals surface area contributed by atoms with E-state index in [1.54, 1.807) is 0 Å². The first-order valence-electron chi connectivity index (χ1n) is 20.6. The van der Waals surface area contributed by atoms with Crippen LogP contribution in [-0.4, -0.2) is 60.2 Å². The van der Waals surface area contributed by atoms with Gasteiger partial charge in [-0.1, -0.05) is 141 Å². The third-order valence-electron chi connectivity index (χ3n) is 9.01. The van der Waals surface area contributed by atoms with Gasteiger partial charge in [-0.25, -0.2) is 0 Å². The van der Waals surface area contributed by atoms with Gasteiger partial charge in [-0.3, -0.25) is 14.4 Å². The molecule has 0 heterocycles. The van der Waals surface area contributed by atoms with Crippen molar-refractivity contribution in [3.8, 4) is 0 Å². The number of nitrogens with zero attached hydrogens (tertiary/aromatic N) is 1. The number of nitrogens with two attached hydrogens (primary N) is 1. The van der Waals surface area contributed by atoms with Crippen LogP contribution in [0, 0.1) is 0 Å². The highest BCUT2D eigenvalue weighted by Gasteiger charge is 2.15. The monoisotopic (exact) mass is 711 g/mol. The molecule has 0 unspecified atom stereocenters. The van der Waals surface area contributed by atoms with Crippen molar-refractivity contribution in [1.82, 2.24) is 4.90 Å². The van der Waals surface area contributed by atoms with Crippen molar-refractivity contribution in [2.24, 2.45) is 5.73 Å². The van der Waals surface area contributed by atoms with Crippen molar-refractivity contribution in [3.05, 3.63) is 12.2 Å². The van der Waals surface area contributed by atoms with Gasteiger partial charge in [-0.15, -0.1) is 0 Å². The normalized spacial score (nSPS) is 11.4. The Bertz CT molecular complexity index is 782. The van der Waals surface area contributed by atoms with Gasteiger partial charge < -0.3 is 20.1 Å². The van der Waals surface area contributed by atoms with Gasteiger partial charge in [0.1, 0.15) is 12.7 Å². The minimum atomic E-state index is -0.112. The molecule has 0 aromatic carbocycles. The Kier molecular flexibility index (Phi) is 36.5. The first-order valence-corrected chi connectivity index (χ1v) is 21.6. The average molecular weight is 711 g/mol. The lowest BCUT2D eigenvalue weighted by Gasteiger charge is -2.22. The number of amides is 1. The number of ether oxygens (including phenoxy) is 2. The summed E-state index contributed by atoms with van der Waals surface area (Å²) in [5, 5.41) is 0.130. The number of allylic oxidation sites excluding steroid dienone is 1. The number of unbranched alkanes of at least 4 members (excludes halogenated alkanes) is 18. The van der Waals surface area contributed by atoms with Crippen molar-refractivity contribution in [3.63, 3.8) is 0 Å². The number of esters is 2. The quantitative estimate of drug-likeness (QED) is 0.0392. The Morgan fingerprint density at radius 3 is 1.65 bits per heavy atom. The molecule has 8 heteroatoms. The highest BCUT2D eigenvalue weighted by molar-refractivity contribution is 8.13. The molecule has 0 saturated heterocycles. The van der Waals surface area contributed by atoms with E-state index in [1.807, 2.05) is 11.0 Å². The zero-order valence-electron chi connectivity index (χ0n) is 32.3. The van der Waals surface area contributed by atoms with E-state index in [4.69, 9.17) is 15.2 Å². The van der Waals surface area contributed by atoms with Gasteiger partial charge in [-0.2, -0.15) is 0 Å². The van der Waals surface area contributed by atoms with E-state index in [-0.39, 0.29) is 23.3 Å². The maximum atomic E-state index is 12.8. The number of carbonyl (C=O) groups is 3. The lowest BCUT2D eigenvalue weighted by Crippen LogP contribution is -2.30. The summed E-state index contributed by atoms with van der Waals surface area (Å²) in [4.78, 5) is 39.3. The summed E-state index contributed by atoms with van der Waals surface area (Å²) in [6.07, 6.45) is 32.9. The minimum Gasteiger partial charge on any atom is -0.462 e. The standard InChI is InChI=1S/C41H78N2O5S/c1-4-7-10-13-14-21-28-36-47-39(44)31-24-17-15-19-26-34-43(41(46)49-37-33-42)35-27-20-16-18-25-32-40(45)48-38(29-22-11-8-5-2)30-23-12-9-6-3/h21,28,38H,4-20,22-27,29-37,42H2,1-3H3/b28-21-. The Balaban J connectivity index is 4.16. The molecule has 288 valence electrons. The third kappa shape index (κ3) is 33.4. The molecule has 0 fully saturated rings. The van der Waals surface area contributed by atoms with Gasteiger partial charge in [0, 0.05) is 38.2 Å². The predicted octanol–water partition coefficient (Wildman–Crippen LogP) is 11.7. The summed E-state index contributed by atoms with van der Waals surface area (Å²) in [5.41, 5.74) is 5.65. The van der Waals surface area contributed by atoms with E-state index >= 15 is 0 Å². The van der Waals surface area contributed by atoms with Gasteiger partial charge in [0.25, 0.3) is 5.24 Å². The van der Waals surface area contributed by atoms with E-state index in [2.05, 4.69) is 26.8 Å². The summed E-state index contributed by atoms with van der Waals surface area (Å²) in [5.74, 6) is 0.509. The molecule has 0 aliphatic heterocycles. The Morgan fingerprint density at radius 2 is 1.10 bits per heavy atom. The fraction of sp³-hybridized carbons (Fsp3) is 0.878. The molecule has 0 rings (SSSR count). The van der Waals surface area contributed by atoms with E-state index in [9.17, 15) is 14.4 Å². The Hall–Kier alpha value is -1.54. The van der Waals surface area contributed by atoms with Crippen LogP contribution in [0.25, 0.3) is 0 Å². The maximum absolute atomic E-state index is 12.8. The van der Waals surface area contributed by atoms with Crippen molar-refractivity contribution in [1.29, 1.82) is 0 Å². The van der Waals surface area contributed by atoms with E-state index in [0.29, 0.717) is 31.7 Å². The molecule has 7 nitrogen and oxygen atoms in total. The Labute approximate surface area is 307 Å². The Morgan fingerprint density at radius 1 is 0.612 bits per heavy atom. The summed E-state index contributed by atoms with van der Waals surface area (Å²) in [6.45, 7) is 9.10. The van der Waals surface area contributed by atoms with Crippen molar-refractivity contribution >= 4 is 28.9 Å². The van der Waals surface area contributed by atoms with Crippen LogP contribution in [0.5, 0.6) is 0 Å². The van der Waals surface area contributed by atoms with Gasteiger partial charge in [0.2, 0.25) is 0 Å². The molecular formula is C41H78N2O5S. The lowest BCUT2D eigenvalue weighted by atomic mass is 10.0. The fourth-order valence-corrected chi connectivity index (χ4v) is 6.59. The highest BCUT2D eigenvalue weighted by atomic mass is 32.2. The predicted molar refractivity (Wildman–Crippen MR) is 210 cm³/mol. The lowest BCUT2D eigenvalue weighted by molar-refractivity contribution is -0.150. The van der Waals surface area contributed by atoms with Crippen molar-refractivity contribution in [2.45, 2.75) is 200 Å². The van der Waals surface area contributed by atoms with Gasteiger partial charge in [-0.05, 0) is 64.2 Å². The van der Waals surface area contributed by atoms with Gasteiger partial charge in [0.05, 0.1) is 0 Å². The van der Waals surface area contributed by atoms with E-state index in [0.717, 1.165) is 109 Å². The van der Waals surface area contributed by atoms with Crippen molar-refractivity contribution in [2.75, 3.05) is 32.0 Å². The maximum Gasteiger partial charge on any atom is 0.306 e. The fourth-order valence-electron chi connectivity index (χ4n) is 5.93. The third-order valence-corrected chi connectivity index (χ3v) is 9.95. The van der Waals surface area contributed by atoms with Gasteiger partial charge in [0.15, 0.2) is 0 Å². The molecule has 0 radical (unpaired) electrons. The molecule has 0 atom stereocenters. The number of thioether (sulfide) groups is 1. The van der Waals surface area contributed by atoms with E-state index in [1.165, 1.54) is 76.0 Å². The zero-order valence-corrected chi connectivity index (χ0v) is 33.2. The number of hydrogen-bond donors (Lipinski definition) is 1. The second-order valence-corrected chi connectivity index (χ2v) is 14.8. The number of hydrogen-bond acceptors (Lipinski definition) is 7. The minimum absolute atomic E-state index is 0.0270. The summed E-state index contributed by atoms with van der Waals surface area (Å²) >= 11 is 1.32. The molecule has 0 aromatic rings. The molecule has 0 saturated carbocycles. The SMILES string of the molecule is CCCCCC/C=C\COC(=O)CCCCCCCN(CCCCCCCC(=O)OC(CCCCCC)CCCCCC)C(=O)SCCN. The summed E-state index contributed by atoms with van der Waals surface area (Å²) in [6, 6.07) is 0. The highest BCUT2D eigenvalue weighted by Crippen LogP contribution is 2.18. The molecule has 1 amide bonds. The molecule has 0 aromatic heterocycles. The van der Waals surface area contributed by atoms with E-state index < -0.39 is 0 Å². The van der Waals surface area contributed by atoms with Crippen LogP contribution in [0.1, 0.15) is 194 Å². The van der Waals surface area contributed by atoms with Crippen LogP contribution in [0.3, 0.4) is 0 Å². The molecule has 0 spiro atoms. The van der Waals surface area contributed by atoms with Crippen LogP contribution in [0.2, 0.25) is 0 Å². The molecule has 0 aliphatic rings. The topological polar surface area (TPSA) is 98.9 Å². The summed E-state index contributed by atoms with van der Waals surface area (Å²) < 4.78 is 11.2. The van der Waals surface area contributed by atoms with Gasteiger partial charge >= 0.3 is 11.9 Å². The van der Waals surface area contributed by atoms with Crippen LogP contribution >= 0.6 is 11.8 Å². The molecule has 2 N–H and O–H groups in total. The summed E-state index contributed by atoms with van der Waals surface area (Å²) in [7, 11) is 0. The smallest absolute Gasteiger partial charge is 0.306 e.